The van der Waals surface area contributed by atoms with Crippen molar-refractivity contribution in [3.05, 3.63) is 64.2 Å². The minimum atomic E-state index is -5.19. The molecule has 0 saturated carbocycles. The van der Waals surface area contributed by atoms with E-state index >= 15 is 0 Å². The van der Waals surface area contributed by atoms with E-state index in [4.69, 9.17) is 10.5 Å². The quantitative estimate of drug-likeness (QED) is 0.0972. The molecule has 260 valence electrons. The topological polar surface area (TPSA) is 163 Å². The number of ether oxygens (including phenoxy) is 1. The van der Waals surface area contributed by atoms with Crippen LogP contribution in [0.3, 0.4) is 0 Å². The maximum Gasteiger partial charge on any atom is 0.433 e. The van der Waals surface area contributed by atoms with Gasteiger partial charge in [-0.2, -0.15) is 49.8 Å². The summed E-state index contributed by atoms with van der Waals surface area (Å²) >= 11 is 0. The molecule has 4 rings (SSSR count). The molecule has 0 unspecified atom stereocenters. The number of halogens is 9. The number of tetrazole rings is 1. The molecule has 3 heterocycles. The molecule has 1 aliphatic heterocycles. The molecule has 2 aromatic heterocycles. The van der Waals surface area contributed by atoms with Crippen LogP contribution in [0, 0.1) is 0 Å². The second-order valence-electron chi connectivity index (χ2n) is 10.3. The SMILES string of the molecule is CC[C@@H]1C[C@H](N(Cc2cc(C(F)(F)F)cc(C(F)(F)F)c2)C(N)=NN=NC)c2nc(C(F)(F)F)ccc2N1C(=O)OCCc1nn[nH]n1. The van der Waals surface area contributed by atoms with Crippen LogP contribution in [0.5, 0.6) is 0 Å². The Balaban J connectivity index is 1.84. The number of nitrogens with zero attached hydrogens (tertiary/aromatic N) is 9. The lowest BCUT2D eigenvalue weighted by Gasteiger charge is -2.43. The number of fused-ring (bicyclic) bond motifs is 1. The fourth-order valence-electron chi connectivity index (χ4n) is 5.01. The molecule has 0 fully saturated rings. The van der Waals surface area contributed by atoms with Crippen molar-refractivity contribution in [3.63, 3.8) is 0 Å². The van der Waals surface area contributed by atoms with Gasteiger partial charge in [-0.1, -0.05) is 17.2 Å². The summed E-state index contributed by atoms with van der Waals surface area (Å²) in [5, 5.41) is 23.5. The van der Waals surface area contributed by atoms with Gasteiger partial charge >= 0.3 is 24.6 Å². The summed E-state index contributed by atoms with van der Waals surface area (Å²) in [4.78, 5) is 19.1. The van der Waals surface area contributed by atoms with Crippen LogP contribution in [0.1, 0.15) is 59.7 Å². The number of nitrogens with one attached hydrogen (secondary N) is 1. The highest BCUT2D eigenvalue weighted by Crippen LogP contribution is 2.44. The van der Waals surface area contributed by atoms with Gasteiger partial charge in [0.05, 0.1) is 35.6 Å². The van der Waals surface area contributed by atoms with Gasteiger partial charge in [0.25, 0.3) is 0 Å². The summed E-state index contributed by atoms with van der Waals surface area (Å²) in [5.74, 6) is -0.406. The monoisotopic (exact) mass is 695 g/mol. The standard InChI is InChI=1S/C26H26F9N11O2/c1-3-16-11-18(45(22(36)41-42-37-2)12-13-8-14(24(27,28)29)10-15(9-13)25(30,31)32)21-17(4-5-19(38-21)26(33,34)35)46(16)23(47)48-7-6-20-39-43-44-40-20/h4-5,8-10,16,18H,3,6-7,11-12H2,1-2H3,(H2,36,37,41)(H,39,40,43,44)/t16-,18+/m1/s1. The Morgan fingerprint density at radius 2 is 1.73 bits per heavy atom. The van der Waals surface area contributed by atoms with Crippen molar-refractivity contribution in [1.29, 1.82) is 0 Å². The van der Waals surface area contributed by atoms with Crippen molar-refractivity contribution < 1.29 is 49.0 Å². The molecule has 48 heavy (non-hydrogen) atoms. The Morgan fingerprint density at radius 1 is 1.06 bits per heavy atom. The Bertz CT molecular complexity index is 1610. The summed E-state index contributed by atoms with van der Waals surface area (Å²) in [7, 11) is 1.19. The number of hydrogen-bond donors (Lipinski definition) is 2. The number of H-pyrrole nitrogens is 1. The molecule has 0 saturated heterocycles. The predicted molar refractivity (Wildman–Crippen MR) is 147 cm³/mol. The van der Waals surface area contributed by atoms with Crippen LogP contribution in [0.4, 0.5) is 50.0 Å². The number of carbonyl (C=O) groups excluding carboxylic acids is 1. The van der Waals surface area contributed by atoms with Gasteiger partial charge in [-0.15, -0.1) is 10.2 Å². The lowest BCUT2D eigenvalue weighted by molar-refractivity contribution is -0.143. The maximum atomic E-state index is 13.9. The van der Waals surface area contributed by atoms with E-state index in [2.05, 4.69) is 41.0 Å². The summed E-state index contributed by atoms with van der Waals surface area (Å²) in [6, 6.07) is 0.186. The number of amides is 1. The molecule has 0 radical (unpaired) electrons. The van der Waals surface area contributed by atoms with E-state index in [1.165, 1.54) is 7.05 Å². The van der Waals surface area contributed by atoms with Crippen molar-refractivity contribution in [2.24, 2.45) is 21.2 Å². The third kappa shape index (κ3) is 8.26. The molecular weight excluding hydrogens is 669 g/mol. The number of rotatable bonds is 8. The van der Waals surface area contributed by atoms with Gasteiger partial charge in [-0.05, 0) is 54.0 Å². The third-order valence-electron chi connectivity index (χ3n) is 7.14. The van der Waals surface area contributed by atoms with E-state index in [1.807, 2.05) is 0 Å². The third-order valence-corrected chi connectivity index (χ3v) is 7.14. The summed E-state index contributed by atoms with van der Waals surface area (Å²) in [6.07, 6.45) is -16.4. The minimum absolute atomic E-state index is 0.0390. The van der Waals surface area contributed by atoms with Gasteiger partial charge in [-0.3, -0.25) is 4.90 Å². The molecule has 1 aliphatic rings. The first-order valence-corrected chi connectivity index (χ1v) is 13.9. The molecule has 13 nitrogen and oxygen atoms in total. The molecule has 1 amide bonds. The Labute approximate surface area is 265 Å². The van der Waals surface area contributed by atoms with Gasteiger partial charge in [0.1, 0.15) is 12.3 Å². The number of hydrogen-bond acceptors (Lipinski definition) is 8. The maximum absolute atomic E-state index is 13.9. The summed E-state index contributed by atoms with van der Waals surface area (Å²) in [5.41, 5.74) is 0.293. The first-order valence-electron chi connectivity index (χ1n) is 13.9. The average Bonchev–Trinajstić information content (AvgIpc) is 3.53. The van der Waals surface area contributed by atoms with Crippen molar-refractivity contribution in [2.45, 2.75) is 63.3 Å². The number of benzene rings is 1. The van der Waals surface area contributed by atoms with E-state index in [9.17, 15) is 44.3 Å². The van der Waals surface area contributed by atoms with Crippen LogP contribution in [0.15, 0.2) is 45.8 Å². The highest BCUT2D eigenvalue weighted by atomic mass is 19.4. The molecule has 1 aromatic carbocycles. The van der Waals surface area contributed by atoms with E-state index in [1.54, 1.807) is 6.92 Å². The Hall–Kier alpha value is -5.05. The normalized spacial score (nSPS) is 17.5. The molecule has 0 bridgehead atoms. The average molecular weight is 696 g/mol. The fraction of sp³-hybridized carbons (Fsp3) is 0.462. The van der Waals surface area contributed by atoms with Crippen LogP contribution in [-0.2, 0) is 36.2 Å². The van der Waals surface area contributed by atoms with Crippen LogP contribution < -0.4 is 10.6 Å². The Morgan fingerprint density at radius 3 is 2.27 bits per heavy atom. The highest BCUT2D eigenvalue weighted by Gasteiger charge is 2.43. The second-order valence-corrected chi connectivity index (χ2v) is 10.3. The number of pyridine rings is 1. The number of aromatic amines is 1. The summed E-state index contributed by atoms with van der Waals surface area (Å²) < 4.78 is 129. The van der Waals surface area contributed by atoms with Crippen LogP contribution in [-0.4, -0.2) is 62.3 Å². The molecule has 3 aromatic rings. The van der Waals surface area contributed by atoms with E-state index in [0.29, 0.717) is 18.2 Å². The minimum Gasteiger partial charge on any atom is -0.449 e. The van der Waals surface area contributed by atoms with Gasteiger partial charge in [0, 0.05) is 19.0 Å². The van der Waals surface area contributed by atoms with Crippen LogP contribution >= 0.6 is 0 Å². The zero-order valence-electron chi connectivity index (χ0n) is 24.9. The number of guanidine groups is 1. The predicted octanol–water partition coefficient (Wildman–Crippen LogP) is 5.87. The summed E-state index contributed by atoms with van der Waals surface area (Å²) in [6.45, 7) is 0.567. The Kier molecular flexibility index (Phi) is 10.4. The molecule has 3 N–H and O–H groups in total. The van der Waals surface area contributed by atoms with E-state index in [0.717, 1.165) is 15.9 Å². The molecule has 2 atom stereocenters. The number of alkyl halides is 9. The first-order chi connectivity index (χ1) is 22.4. The van der Waals surface area contributed by atoms with Crippen LogP contribution in [0.2, 0.25) is 0 Å². The van der Waals surface area contributed by atoms with Crippen molar-refractivity contribution in [1.82, 2.24) is 30.5 Å². The van der Waals surface area contributed by atoms with Gasteiger partial charge in [0.15, 0.2) is 5.82 Å². The largest absolute Gasteiger partial charge is 0.449 e. The number of carbonyl (C=O) groups is 1. The highest BCUT2D eigenvalue weighted by molar-refractivity contribution is 5.90. The van der Waals surface area contributed by atoms with Gasteiger partial charge < -0.3 is 15.4 Å². The molecule has 0 aliphatic carbocycles. The lowest BCUT2D eigenvalue weighted by atomic mass is 9.91. The number of nitrogens with two attached hydrogens (primary N) is 1. The molecular formula is C26H26F9N11O2. The first kappa shape index (κ1) is 35.8. The molecule has 0 spiro atoms. The number of aromatic nitrogens is 5. The van der Waals surface area contributed by atoms with Crippen molar-refractivity contribution in [3.8, 4) is 0 Å². The van der Waals surface area contributed by atoms with Gasteiger partial charge in [-0.25, -0.2) is 9.78 Å². The van der Waals surface area contributed by atoms with E-state index < -0.39 is 77.3 Å². The lowest BCUT2D eigenvalue weighted by Crippen LogP contribution is -2.50. The number of anilines is 1. The molecule has 22 heteroatoms. The second kappa shape index (κ2) is 14.0. The van der Waals surface area contributed by atoms with Gasteiger partial charge in [0.2, 0.25) is 5.96 Å². The van der Waals surface area contributed by atoms with Crippen molar-refractivity contribution in [2.75, 3.05) is 18.6 Å². The zero-order valence-corrected chi connectivity index (χ0v) is 24.9. The smallest absolute Gasteiger partial charge is 0.433 e. The zero-order chi connectivity index (χ0) is 35.4. The van der Waals surface area contributed by atoms with Crippen molar-refractivity contribution >= 4 is 17.7 Å². The fourth-order valence-corrected chi connectivity index (χ4v) is 5.01. The van der Waals surface area contributed by atoms with Crippen LogP contribution in [0.25, 0.3) is 0 Å². The van der Waals surface area contributed by atoms with E-state index in [-0.39, 0.29) is 43.4 Å².